The standard InChI is InChI=1S/C18H17N3O5S2/c1-9-8-27-17(19-9)20-18-21(2)15(22)12(28-18)7-10-5-6-11(25-3)14(26-4)13(10)16(23)24/h5-8H,1-4H3,(H,23,24)/b12-7+,20-18+. The minimum atomic E-state index is -1.18. The van der Waals surface area contributed by atoms with Gasteiger partial charge in [-0.25, -0.2) is 9.78 Å². The summed E-state index contributed by atoms with van der Waals surface area (Å²) in [4.78, 5) is 34.9. The highest BCUT2D eigenvalue weighted by Crippen LogP contribution is 2.38. The molecule has 0 atom stereocenters. The number of rotatable bonds is 5. The number of thiazole rings is 1. The van der Waals surface area contributed by atoms with Gasteiger partial charge in [0.15, 0.2) is 16.7 Å². The largest absolute Gasteiger partial charge is 0.493 e. The van der Waals surface area contributed by atoms with E-state index < -0.39 is 5.97 Å². The Kier molecular flexibility index (Phi) is 5.71. The number of carboxylic acid groups (broad SMARTS) is 1. The summed E-state index contributed by atoms with van der Waals surface area (Å²) < 4.78 is 10.4. The number of amides is 1. The van der Waals surface area contributed by atoms with E-state index in [0.29, 0.717) is 26.5 Å². The summed E-state index contributed by atoms with van der Waals surface area (Å²) in [5.74, 6) is -1.06. The van der Waals surface area contributed by atoms with E-state index in [1.165, 1.54) is 36.5 Å². The molecule has 1 aromatic carbocycles. The van der Waals surface area contributed by atoms with Gasteiger partial charge in [0.25, 0.3) is 5.91 Å². The van der Waals surface area contributed by atoms with Crippen LogP contribution in [0.25, 0.3) is 6.08 Å². The maximum atomic E-state index is 12.6. The van der Waals surface area contributed by atoms with Crippen LogP contribution in [0.1, 0.15) is 21.6 Å². The van der Waals surface area contributed by atoms with Crippen molar-refractivity contribution in [1.29, 1.82) is 0 Å². The Morgan fingerprint density at radius 2 is 2.07 bits per heavy atom. The zero-order valence-corrected chi connectivity index (χ0v) is 17.2. The summed E-state index contributed by atoms with van der Waals surface area (Å²) >= 11 is 2.54. The number of carbonyl (C=O) groups is 2. The molecule has 146 valence electrons. The third-order valence-corrected chi connectivity index (χ3v) is 5.79. The smallest absolute Gasteiger partial charge is 0.340 e. The van der Waals surface area contributed by atoms with Gasteiger partial charge in [0.05, 0.1) is 24.8 Å². The molecule has 1 aromatic heterocycles. The number of ether oxygens (including phenoxy) is 2. The minimum Gasteiger partial charge on any atom is -0.493 e. The molecule has 1 fully saturated rings. The fourth-order valence-corrected chi connectivity index (χ4v) is 4.23. The third kappa shape index (κ3) is 3.73. The Balaban J connectivity index is 2.03. The molecule has 0 saturated carbocycles. The summed E-state index contributed by atoms with van der Waals surface area (Å²) in [6.07, 6.45) is 1.52. The van der Waals surface area contributed by atoms with Gasteiger partial charge in [-0.1, -0.05) is 6.07 Å². The van der Waals surface area contributed by atoms with Crippen LogP contribution in [-0.4, -0.2) is 53.3 Å². The number of hydrogen-bond donors (Lipinski definition) is 1. The fraction of sp³-hybridized carbons (Fsp3) is 0.222. The fourth-order valence-electron chi connectivity index (χ4n) is 2.55. The highest BCUT2D eigenvalue weighted by molar-refractivity contribution is 8.18. The summed E-state index contributed by atoms with van der Waals surface area (Å²) in [6.45, 7) is 1.87. The Bertz CT molecular complexity index is 1010. The van der Waals surface area contributed by atoms with Gasteiger partial charge in [-0.3, -0.25) is 9.69 Å². The molecule has 0 bridgehead atoms. The molecular weight excluding hydrogens is 402 g/mol. The molecule has 2 aromatic rings. The molecule has 1 aliphatic rings. The van der Waals surface area contributed by atoms with Crippen molar-refractivity contribution in [3.05, 3.63) is 39.2 Å². The molecule has 28 heavy (non-hydrogen) atoms. The Labute approximate surface area is 169 Å². The number of carboxylic acids is 1. The van der Waals surface area contributed by atoms with Gasteiger partial charge in [0.2, 0.25) is 5.13 Å². The lowest BCUT2D eigenvalue weighted by Crippen LogP contribution is -2.23. The molecule has 0 unspecified atom stereocenters. The maximum absolute atomic E-state index is 12.6. The van der Waals surface area contributed by atoms with Crippen molar-refractivity contribution in [3.8, 4) is 11.5 Å². The third-order valence-electron chi connectivity index (χ3n) is 3.88. The van der Waals surface area contributed by atoms with Crippen molar-refractivity contribution in [2.24, 2.45) is 4.99 Å². The van der Waals surface area contributed by atoms with Gasteiger partial charge in [-0.05, 0) is 36.4 Å². The summed E-state index contributed by atoms with van der Waals surface area (Å²) in [5.41, 5.74) is 1.11. The molecule has 8 nitrogen and oxygen atoms in total. The van der Waals surface area contributed by atoms with Crippen LogP contribution >= 0.6 is 23.1 Å². The molecule has 2 heterocycles. The molecule has 0 aliphatic carbocycles. The van der Waals surface area contributed by atoms with Gasteiger partial charge in [0, 0.05) is 12.4 Å². The molecular formula is C18H17N3O5S2. The first-order valence-electron chi connectivity index (χ1n) is 8.02. The predicted octanol–water partition coefficient (Wildman–Crippen LogP) is 3.40. The predicted molar refractivity (Wildman–Crippen MR) is 109 cm³/mol. The second-order valence-corrected chi connectivity index (χ2v) is 7.56. The lowest BCUT2D eigenvalue weighted by Gasteiger charge is -2.12. The van der Waals surface area contributed by atoms with E-state index in [1.807, 2.05) is 12.3 Å². The van der Waals surface area contributed by atoms with E-state index >= 15 is 0 Å². The zero-order chi connectivity index (χ0) is 20.4. The van der Waals surface area contributed by atoms with Gasteiger partial charge in [-0.2, -0.15) is 4.99 Å². The highest BCUT2D eigenvalue weighted by Gasteiger charge is 2.31. The molecule has 0 spiro atoms. The van der Waals surface area contributed by atoms with Crippen molar-refractivity contribution in [3.63, 3.8) is 0 Å². The number of methoxy groups -OCH3 is 2. The Morgan fingerprint density at radius 1 is 1.32 bits per heavy atom. The molecule has 3 rings (SSSR count). The number of aryl methyl sites for hydroxylation is 1. The number of aromatic carboxylic acids is 1. The number of hydrogen-bond acceptors (Lipinski definition) is 8. The molecule has 1 saturated heterocycles. The van der Waals surface area contributed by atoms with E-state index in [1.54, 1.807) is 19.2 Å². The van der Waals surface area contributed by atoms with Crippen LogP contribution in [0, 0.1) is 6.92 Å². The Morgan fingerprint density at radius 3 is 2.64 bits per heavy atom. The molecule has 1 aliphatic heterocycles. The number of likely N-dealkylation sites (N-methyl/N-ethyl adjacent to an activating group) is 1. The van der Waals surface area contributed by atoms with Crippen LogP contribution < -0.4 is 9.47 Å². The summed E-state index contributed by atoms with van der Waals surface area (Å²) in [7, 11) is 4.41. The number of aromatic nitrogens is 1. The second-order valence-electron chi connectivity index (χ2n) is 5.71. The van der Waals surface area contributed by atoms with Crippen molar-refractivity contribution < 1.29 is 24.2 Å². The average Bonchev–Trinajstić information content (AvgIpc) is 3.19. The number of nitrogens with zero attached hydrogens (tertiary/aromatic N) is 3. The number of aliphatic imine (C=N–C) groups is 1. The van der Waals surface area contributed by atoms with Crippen molar-refractivity contribution >= 4 is 51.4 Å². The number of carbonyl (C=O) groups excluding carboxylic acids is 1. The van der Waals surface area contributed by atoms with Gasteiger partial charge >= 0.3 is 5.97 Å². The van der Waals surface area contributed by atoms with Crippen molar-refractivity contribution in [2.45, 2.75) is 6.92 Å². The average molecular weight is 419 g/mol. The number of thioether (sulfide) groups is 1. The second kappa shape index (κ2) is 8.03. The van der Waals surface area contributed by atoms with Crippen LogP contribution in [0.3, 0.4) is 0 Å². The first-order valence-corrected chi connectivity index (χ1v) is 9.72. The van der Waals surface area contributed by atoms with E-state index in [9.17, 15) is 14.7 Å². The molecule has 10 heteroatoms. The topological polar surface area (TPSA) is 101 Å². The number of benzene rings is 1. The summed E-state index contributed by atoms with van der Waals surface area (Å²) in [6, 6.07) is 3.17. The van der Waals surface area contributed by atoms with Crippen LogP contribution in [0.4, 0.5) is 5.13 Å². The van der Waals surface area contributed by atoms with E-state index in [-0.39, 0.29) is 17.2 Å². The van der Waals surface area contributed by atoms with Crippen molar-refractivity contribution in [1.82, 2.24) is 9.88 Å². The maximum Gasteiger partial charge on any atom is 0.340 e. The van der Waals surface area contributed by atoms with Gasteiger partial charge < -0.3 is 14.6 Å². The lowest BCUT2D eigenvalue weighted by atomic mass is 10.0. The molecule has 1 amide bonds. The van der Waals surface area contributed by atoms with Crippen LogP contribution in [0.5, 0.6) is 11.5 Å². The highest BCUT2D eigenvalue weighted by atomic mass is 32.2. The van der Waals surface area contributed by atoms with Gasteiger partial charge in [-0.15, -0.1) is 11.3 Å². The SMILES string of the molecule is COc1ccc(/C=C2/S/C(=N/c3nc(C)cs3)N(C)C2=O)c(C(=O)O)c1OC. The lowest BCUT2D eigenvalue weighted by molar-refractivity contribution is -0.121. The van der Waals surface area contributed by atoms with Crippen LogP contribution in [-0.2, 0) is 4.79 Å². The first-order chi connectivity index (χ1) is 13.3. The van der Waals surface area contributed by atoms with Crippen LogP contribution in [0.15, 0.2) is 27.4 Å². The van der Waals surface area contributed by atoms with E-state index in [2.05, 4.69) is 9.98 Å². The van der Waals surface area contributed by atoms with E-state index in [0.717, 1.165) is 17.5 Å². The minimum absolute atomic E-state index is 0.0775. The van der Waals surface area contributed by atoms with Crippen molar-refractivity contribution in [2.75, 3.05) is 21.3 Å². The normalized spacial score (nSPS) is 16.9. The molecule has 0 radical (unpaired) electrons. The Hall–Kier alpha value is -2.85. The zero-order valence-electron chi connectivity index (χ0n) is 15.5. The first kappa shape index (κ1) is 19.9. The van der Waals surface area contributed by atoms with E-state index in [4.69, 9.17) is 9.47 Å². The molecule has 1 N–H and O–H groups in total. The van der Waals surface area contributed by atoms with Gasteiger partial charge in [0.1, 0.15) is 5.56 Å². The summed E-state index contributed by atoms with van der Waals surface area (Å²) in [5, 5.41) is 12.5. The number of amidine groups is 1. The monoisotopic (exact) mass is 419 g/mol. The van der Waals surface area contributed by atoms with Crippen LogP contribution in [0.2, 0.25) is 0 Å². The quantitative estimate of drug-likeness (QED) is 0.741.